The standard InChI is InChI=1S/C25H33N5O4/c1-5-27(6-2)18-12-14-19(15-13-18)29(16-22(26)31)23(32)17-30-20-10-9-11-21(34-8-4)24(20)28(7-3)25(30)33/h9-15H,5-8,16-17H2,1-4H3,(H2,26,31). The number of hydrogen-bond donors (Lipinski definition) is 1. The van der Waals surface area contributed by atoms with Crippen LogP contribution in [0.5, 0.6) is 5.75 Å². The van der Waals surface area contributed by atoms with Crippen LogP contribution < -0.4 is 26.0 Å². The molecule has 0 aliphatic heterocycles. The van der Waals surface area contributed by atoms with Crippen LogP contribution in [0.3, 0.4) is 0 Å². The van der Waals surface area contributed by atoms with E-state index in [2.05, 4.69) is 18.7 Å². The van der Waals surface area contributed by atoms with Crippen molar-refractivity contribution in [1.82, 2.24) is 9.13 Å². The summed E-state index contributed by atoms with van der Waals surface area (Å²) in [7, 11) is 0. The number of nitrogens with two attached hydrogens (primary N) is 1. The summed E-state index contributed by atoms with van der Waals surface area (Å²) in [6.07, 6.45) is 0. The fourth-order valence-corrected chi connectivity index (χ4v) is 4.19. The van der Waals surface area contributed by atoms with Gasteiger partial charge in [0, 0.05) is 31.0 Å². The number of benzene rings is 2. The molecule has 9 nitrogen and oxygen atoms in total. The SMILES string of the molecule is CCOc1cccc2c1n(CC)c(=O)n2CC(=O)N(CC(N)=O)c1ccc(N(CC)CC)cc1. The molecule has 2 N–H and O–H groups in total. The summed E-state index contributed by atoms with van der Waals surface area (Å²) < 4.78 is 8.73. The molecule has 0 aliphatic carbocycles. The number of hydrogen-bond acceptors (Lipinski definition) is 5. The molecule has 0 unspecified atom stereocenters. The van der Waals surface area contributed by atoms with Crippen molar-refractivity contribution in [2.75, 3.05) is 36.0 Å². The minimum atomic E-state index is -0.636. The average molecular weight is 468 g/mol. The van der Waals surface area contributed by atoms with Crippen molar-refractivity contribution >= 4 is 34.2 Å². The summed E-state index contributed by atoms with van der Waals surface area (Å²) >= 11 is 0. The zero-order valence-corrected chi connectivity index (χ0v) is 20.3. The molecule has 3 aromatic rings. The van der Waals surface area contributed by atoms with E-state index in [0.717, 1.165) is 18.8 Å². The summed E-state index contributed by atoms with van der Waals surface area (Å²) in [4.78, 5) is 41.9. The van der Waals surface area contributed by atoms with Gasteiger partial charge in [0.15, 0.2) is 0 Å². The smallest absolute Gasteiger partial charge is 0.329 e. The number of primary amides is 1. The molecule has 0 radical (unpaired) electrons. The Bertz CT molecular complexity index is 1210. The highest BCUT2D eigenvalue weighted by atomic mass is 16.5. The molecule has 0 bridgehead atoms. The molecule has 2 amide bonds. The maximum Gasteiger partial charge on any atom is 0.329 e. The number of nitrogens with zero attached hydrogens (tertiary/aromatic N) is 4. The fraction of sp³-hybridized carbons (Fsp3) is 0.400. The Kier molecular flexibility index (Phi) is 7.99. The van der Waals surface area contributed by atoms with E-state index in [1.165, 1.54) is 9.47 Å². The van der Waals surface area contributed by atoms with Crippen LogP contribution in [0.25, 0.3) is 11.0 Å². The third kappa shape index (κ3) is 4.93. The van der Waals surface area contributed by atoms with E-state index in [1.54, 1.807) is 34.9 Å². The predicted molar refractivity (Wildman–Crippen MR) is 135 cm³/mol. The van der Waals surface area contributed by atoms with Gasteiger partial charge >= 0.3 is 5.69 Å². The first-order valence-electron chi connectivity index (χ1n) is 11.6. The lowest BCUT2D eigenvalue weighted by Crippen LogP contribution is -2.41. The Balaban J connectivity index is 2.00. The number of fused-ring (bicyclic) bond motifs is 1. The van der Waals surface area contributed by atoms with Crippen molar-refractivity contribution in [2.24, 2.45) is 5.73 Å². The second-order valence-corrected chi connectivity index (χ2v) is 7.80. The molecule has 34 heavy (non-hydrogen) atoms. The van der Waals surface area contributed by atoms with Crippen molar-refractivity contribution < 1.29 is 14.3 Å². The minimum absolute atomic E-state index is 0.233. The van der Waals surface area contributed by atoms with Crippen LogP contribution in [-0.2, 0) is 22.7 Å². The van der Waals surface area contributed by atoms with Gasteiger partial charge in [-0.3, -0.25) is 18.7 Å². The van der Waals surface area contributed by atoms with Gasteiger partial charge in [-0.25, -0.2) is 4.79 Å². The summed E-state index contributed by atoms with van der Waals surface area (Å²) in [6, 6.07) is 12.8. The Labute approximate surface area is 199 Å². The van der Waals surface area contributed by atoms with Crippen LogP contribution in [-0.4, -0.2) is 47.2 Å². The lowest BCUT2D eigenvalue weighted by molar-refractivity contribution is -0.122. The van der Waals surface area contributed by atoms with Gasteiger partial charge in [-0.2, -0.15) is 0 Å². The van der Waals surface area contributed by atoms with Crippen molar-refractivity contribution in [2.45, 2.75) is 40.8 Å². The van der Waals surface area contributed by atoms with Crippen molar-refractivity contribution in [3.8, 4) is 5.75 Å². The quantitative estimate of drug-likeness (QED) is 0.467. The van der Waals surface area contributed by atoms with Gasteiger partial charge in [0.25, 0.3) is 0 Å². The number of aromatic nitrogens is 2. The Morgan fingerprint density at radius 1 is 0.941 bits per heavy atom. The van der Waals surface area contributed by atoms with Gasteiger partial charge in [0.2, 0.25) is 11.8 Å². The van der Waals surface area contributed by atoms with Crippen LogP contribution in [0.1, 0.15) is 27.7 Å². The first kappa shape index (κ1) is 24.9. The number of para-hydroxylation sites is 1. The largest absolute Gasteiger partial charge is 0.492 e. The first-order chi connectivity index (χ1) is 16.4. The Hall–Kier alpha value is -3.75. The van der Waals surface area contributed by atoms with Crippen LogP contribution in [0.15, 0.2) is 47.3 Å². The third-order valence-electron chi connectivity index (χ3n) is 5.81. The second kappa shape index (κ2) is 10.9. The highest BCUT2D eigenvalue weighted by molar-refractivity contribution is 5.99. The summed E-state index contributed by atoms with van der Waals surface area (Å²) in [5, 5.41) is 0. The minimum Gasteiger partial charge on any atom is -0.492 e. The zero-order chi connectivity index (χ0) is 24.8. The van der Waals surface area contributed by atoms with Gasteiger partial charge < -0.3 is 20.3 Å². The maximum atomic E-state index is 13.4. The zero-order valence-electron chi connectivity index (χ0n) is 20.3. The van der Waals surface area contributed by atoms with Crippen molar-refractivity contribution in [3.63, 3.8) is 0 Å². The number of carbonyl (C=O) groups excluding carboxylic acids is 2. The van der Waals surface area contributed by atoms with E-state index in [1.807, 2.05) is 26.0 Å². The first-order valence-corrected chi connectivity index (χ1v) is 11.6. The Morgan fingerprint density at radius 2 is 1.59 bits per heavy atom. The lowest BCUT2D eigenvalue weighted by Gasteiger charge is -2.24. The molecule has 9 heteroatoms. The molecule has 2 aromatic carbocycles. The van der Waals surface area contributed by atoms with E-state index in [-0.39, 0.29) is 18.8 Å². The molecule has 0 fully saturated rings. The average Bonchev–Trinajstić information content (AvgIpc) is 3.10. The van der Waals surface area contributed by atoms with E-state index < -0.39 is 11.8 Å². The highest BCUT2D eigenvalue weighted by Crippen LogP contribution is 2.26. The van der Waals surface area contributed by atoms with E-state index >= 15 is 0 Å². The Morgan fingerprint density at radius 3 is 2.15 bits per heavy atom. The van der Waals surface area contributed by atoms with E-state index in [4.69, 9.17) is 10.5 Å². The molecule has 0 saturated carbocycles. The number of aryl methyl sites for hydroxylation is 1. The van der Waals surface area contributed by atoms with Gasteiger partial charge in [-0.05, 0) is 64.1 Å². The number of imidazole rings is 1. The fourth-order valence-electron chi connectivity index (χ4n) is 4.19. The van der Waals surface area contributed by atoms with Crippen molar-refractivity contribution in [3.05, 3.63) is 52.9 Å². The molecule has 0 atom stereocenters. The maximum absolute atomic E-state index is 13.4. The number of carbonyl (C=O) groups is 2. The third-order valence-corrected chi connectivity index (χ3v) is 5.81. The second-order valence-electron chi connectivity index (χ2n) is 7.80. The molecule has 182 valence electrons. The van der Waals surface area contributed by atoms with Crippen LogP contribution in [0.4, 0.5) is 11.4 Å². The number of rotatable bonds is 11. The van der Waals surface area contributed by atoms with E-state index in [9.17, 15) is 14.4 Å². The van der Waals surface area contributed by atoms with Crippen molar-refractivity contribution in [1.29, 1.82) is 0 Å². The normalized spacial score (nSPS) is 10.9. The molecule has 0 spiro atoms. The van der Waals surface area contributed by atoms with Gasteiger partial charge in [-0.1, -0.05) is 6.07 Å². The molecule has 3 rings (SSSR count). The van der Waals surface area contributed by atoms with Gasteiger partial charge in [0.1, 0.15) is 24.4 Å². The highest BCUT2D eigenvalue weighted by Gasteiger charge is 2.23. The molecular formula is C25H33N5O4. The van der Waals surface area contributed by atoms with Crippen LogP contribution in [0.2, 0.25) is 0 Å². The van der Waals surface area contributed by atoms with Gasteiger partial charge in [-0.15, -0.1) is 0 Å². The molecule has 1 heterocycles. The van der Waals surface area contributed by atoms with E-state index in [0.29, 0.717) is 35.6 Å². The topological polar surface area (TPSA) is 103 Å². The van der Waals surface area contributed by atoms with Crippen LogP contribution in [0, 0.1) is 0 Å². The molecule has 0 saturated heterocycles. The molecular weight excluding hydrogens is 434 g/mol. The monoisotopic (exact) mass is 467 g/mol. The summed E-state index contributed by atoms with van der Waals surface area (Å²) in [5.74, 6) is -0.456. The number of anilines is 2. The van der Waals surface area contributed by atoms with Crippen LogP contribution >= 0.6 is 0 Å². The summed E-state index contributed by atoms with van der Waals surface area (Å²) in [5.41, 5.74) is 7.95. The molecule has 0 aliphatic rings. The lowest BCUT2D eigenvalue weighted by atomic mass is 10.2. The molecule has 1 aromatic heterocycles. The number of amides is 2. The predicted octanol–water partition coefficient (Wildman–Crippen LogP) is 2.59. The summed E-state index contributed by atoms with van der Waals surface area (Å²) in [6.45, 7) is 9.96. The number of ether oxygens (including phenoxy) is 1. The van der Waals surface area contributed by atoms with Gasteiger partial charge in [0.05, 0.1) is 12.1 Å².